The van der Waals surface area contributed by atoms with Gasteiger partial charge in [0.25, 0.3) is 5.91 Å². The third-order valence-electron chi connectivity index (χ3n) is 4.18. The number of hydrogen-bond acceptors (Lipinski definition) is 3. The van der Waals surface area contributed by atoms with E-state index >= 15 is 0 Å². The van der Waals surface area contributed by atoms with Crippen molar-refractivity contribution in [1.82, 2.24) is 10.3 Å². The number of carbonyl (C=O) groups excluding carboxylic acids is 1. The summed E-state index contributed by atoms with van der Waals surface area (Å²) in [5.74, 6) is -0.0226. The summed E-state index contributed by atoms with van der Waals surface area (Å²) in [4.78, 5) is 16.6. The first-order chi connectivity index (χ1) is 9.71. The normalized spacial score (nSPS) is 21.0. The molecule has 0 unspecified atom stereocenters. The van der Waals surface area contributed by atoms with E-state index in [0.717, 1.165) is 18.5 Å². The van der Waals surface area contributed by atoms with Gasteiger partial charge in [-0.25, -0.2) is 0 Å². The average molecular weight is 289 g/mol. The van der Waals surface area contributed by atoms with Crippen molar-refractivity contribution >= 4 is 5.91 Å². The van der Waals surface area contributed by atoms with E-state index in [-0.39, 0.29) is 22.8 Å². The minimum absolute atomic E-state index is 0.0226. The van der Waals surface area contributed by atoms with Crippen LogP contribution in [0.2, 0.25) is 0 Å². The second-order valence-corrected chi connectivity index (χ2v) is 7.82. The van der Waals surface area contributed by atoms with Gasteiger partial charge in [-0.2, -0.15) is 0 Å². The van der Waals surface area contributed by atoms with E-state index in [1.165, 1.54) is 6.42 Å². The number of nitrogens with one attached hydrogen (secondary N) is 1. The molecule has 4 heteroatoms. The predicted molar refractivity (Wildman–Crippen MR) is 84.8 cm³/mol. The van der Waals surface area contributed by atoms with Gasteiger partial charge >= 0.3 is 0 Å². The highest BCUT2D eigenvalue weighted by Gasteiger charge is 2.38. The molecule has 1 aliphatic rings. The van der Waals surface area contributed by atoms with Crippen LogP contribution < -0.4 is 11.1 Å². The van der Waals surface area contributed by atoms with Crippen molar-refractivity contribution in [1.29, 1.82) is 0 Å². The molecule has 0 aliphatic heterocycles. The Labute approximate surface area is 127 Å². The molecule has 0 spiro atoms. The van der Waals surface area contributed by atoms with Crippen LogP contribution in [0.15, 0.2) is 18.3 Å². The molecule has 2 rings (SSSR count). The van der Waals surface area contributed by atoms with Crippen molar-refractivity contribution in [2.24, 2.45) is 16.6 Å². The number of amides is 1. The van der Waals surface area contributed by atoms with E-state index in [1.807, 2.05) is 0 Å². The zero-order valence-corrected chi connectivity index (χ0v) is 13.6. The molecule has 21 heavy (non-hydrogen) atoms. The standard InChI is InChI=1S/C17H27N3O/c1-16(2)8-14(9-17(3,4)11-16)20-15(21)12-5-6-19-13(7-12)10-18/h5-7,14H,8-11,18H2,1-4H3,(H,20,21). The number of aromatic nitrogens is 1. The Balaban J connectivity index is 2.08. The van der Waals surface area contributed by atoms with Crippen LogP contribution in [0.3, 0.4) is 0 Å². The highest BCUT2D eigenvalue weighted by Crippen LogP contribution is 2.45. The lowest BCUT2D eigenvalue weighted by Gasteiger charge is -2.45. The summed E-state index contributed by atoms with van der Waals surface area (Å²) in [6.45, 7) is 9.49. The van der Waals surface area contributed by atoms with Crippen LogP contribution >= 0.6 is 0 Å². The molecule has 4 nitrogen and oxygen atoms in total. The topological polar surface area (TPSA) is 68.0 Å². The second-order valence-electron chi connectivity index (χ2n) is 7.82. The zero-order valence-electron chi connectivity index (χ0n) is 13.6. The maximum absolute atomic E-state index is 12.4. The van der Waals surface area contributed by atoms with E-state index < -0.39 is 0 Å². The lowest BCUT2D eigenvalue weighted by Crippen LogP contribution is -2.46. The predicted octanol–water partition coefficient (Wildman–Crippen LogP) is 2.88. The summed E-state index contributed by atoms with van der Waals surface area (Å²) < 4.78 is 0. The second kappa shape index (κ2) is 5.76. The van der Waals surface area contributed by atoms with Gasteiger partial charge in [0.05, 0.1) is 5.69 Å². The van der Waals surface area contributed by atoms with E-state index in [2.05, 4.69) is 38.0 Å². The van der Waals surface area contributed by atoms with Crippen molar-refractivity contribution in [2.45, 2.75) is 59.5 Å². The van der Waals surface area contributed by atoms with Gasteiger partial charge < -0.3 is 11.1 Å². The summed E-state index contributed by atoms with van der Waals surface area (Å²) in [6.07, 6.45) is 4.89. The lowest BCUT2D eigenvalue weighted by atomic mass is 9.63. The van der Waals surface area contributed by atoms with Crippen molar-refractivity contribution in [2.75, 3.05) is 0 Å². The number of pyridine rings is 1. The molecule has 1 heterocycles. The number of nitrogens with zero attached hydrogens (tertiary/aromatic N) is 1. The Hall–Kier alpha value is -1.42. The van der Waals surface area contributed by atoms with E-state index in [9.17, 15) is 4.79 Å². The third-order valence-corrected chi connectivity index (χ3v) is 4.18. The zero-order chi connectivity index (χ0) is 15.7. The Morgan fingerprint density at radius 3 is 2.52 bits per heavy atom. The maximum atomic E-state index is 12.4. The van der Waals surface area contributed by atoms with Crippen molar-refractivity contribution in [3.63, 3.8) is 0 Å². The van der Waals surface area contributed by atoms with Crippen LogP contribution in [0.4, 0.5) is 0 Å². The molecule has 0 aromatic carbocycles. The quantitative estimate of drug-likeness (QED) is 0.899. The van der Waals surface area contributed by atoms with E-state index in [0.29, 0.717) is 12.1 Å². The molecule has 1 fully saturated rings. The minimum Gasteiger partial charge on any atom is -0.349 e. The molecule has 0 radical (unpaired) electrons. The first-order valence-electron chi connectivity index (χ1n) is 7.67. The average Bonchev–Trinajstić information content (AvgIpc) is 2.35. The summed E-state index contributed by atoms with van der Waals surface area (Å²) in [7, 11) is 0. The Morgan fingerprint density at radius 1 is 1.33 bits per heavy atom. The third kappa shape index (κ3) is 4.27. The van der Waals surface area contributed by atoms with Gasteiger partial charge in [0.15, 0.2) is 0 Å². The number of hydrogen-bond donors (Lipinski definition) is 2. The van der Waals surface area contributed by atoms with Gasteiger partial charge in [-0.1, -0.05) is 27.7 Å². The van der Waals surface area contributed by atoms with Crippen molar-refractivity contribution in [3.8, 4) is 0 Å². The van der Waals surface area contributed by atoms with Crippen LogP contribution in [-0.4, -0.2) is 16.9 Å². The minimum atomic E-state index is -0.0226. The molecule has 1 aromatic heterocycles. The molecule has 1 aromatic rings. The van der Waals surface area contributed by atoms with E-state index in [4.69, 9.17) is 5.73 Å². The smallest absolute Gasteiger partial charge is 0.251 e. The van der Waals surface area contributed by atoms with Gasteiger partial charge in [0.1, 0.15) is 0 Å². The van der Waals surface area contributed by atoms with Crippen molar-refractivity contribution < 1.29 is 4.79 Å². The number of carbonyl (C=O) groups is 1. The number of rotatable bonds is 3. The van der Waals surface area contributed by atoms with Crippen LogP contribution in [0, 0.1) is 10.8 Å². The Bertz CT molecular complexity index is 507. The molecule has 1 amide bonds. The van der Waals surface area contributed by atoms with Crippen LogP contribution in [0.25, 0.3) is 0 Å². The van der Waals surface area contributed by atoms with Crippen LogP contribution in [0.5, 0.6) is 0 Å². The molecule has 1 aliphatic carbocycles. The van der Waals surface area contributed by atoms with Gasteiger partial charge in [0, 0.05) is 24.3 Å². The largest absolute Gasteiger partial charge is 0.349 e. The van der Waals surface area contributed by atoms with E-state index in [1.54, 1.807) is 18.3 Å². The SMILES string of the molecule is CC1(C)CC(NC(=O)c2ccnc(CN)c2)CC(C)(C)C1. The molecule has 3 N–H and O–H groups in total. The molecule has 0 saturated heterocycles. The van der Waals surface area contributed by atoms with Crippen LogP contribution in [0.1, 0.15) is 63.0 Å². The molecular weight excluding hydrogens is 262 g/mol. The first-order valence-corrected chi connectivity index (χ1v) is 7.67. The molecule has 116 valence electrons. The fourth-order valence-corrected chi connectivity index (χ4v) is 3.95. The summed E-state index contributed by atoms with van der Waals surface area (Å²) in [6, 6.07) is 3.74. The van der Waals surface area contributed by atoms with Gasteiger partial charge in [-0.15, -0.1) is 0 Å². The highest BCUT2D eigenvalue weighted by atomic mass is 16.1. The number of nitrogens with two attached hydrogens (primary N) is 1. The first kappa shape index (κ1) is 16.0. The molecule has 0 bridgehead atoms. The monoisotopic (exact) mass is 289 g/mol. The molecule has 0 atom stereocenters. The lowest BCUT2D eigenvalue weighted by molar-refractivity contribution is 0.0713. The van der Waals surface area contributed by atoms with Gasteiger partial charge in [0.2, 0.25) is 0 Å². The van der Waals surface area contributed by atoms with Crippen LogP contribution in [-0.2, 0) is 6.54 Å². The fourth-order valence-electron chi connectivity index (χ4n) is 3.95. The molecular formula is C17H27N3O. The highest BCUT2D eigenvalue weighted by molar-refractivity contribution is 5.94. The van der Waals surface area contributed by atoms with Gasteiger partial charge in [-0.3, -0.25) is 9.78 Å². The summed E-state index contributed by atoms with van der Waals surface area (Å²) in [5.41, 5.74) is 7.50. The molecule has 1 saturated carbocycles. The maximum Gasteiger partial charge on any atom is 0.251 e. The Morgan fingerprint density at radius 2 is 1.95 bits per heavy atom. The fraction of sp³-hybridized carbons (Fsp3) is 0.647. The van der Waals surface area contributed by atoms with Crippen molar-refractivity contribution in [3.05, 3.63) is 29.6 Å². The summed E-state index contributed by atoms with van der Waals surface area (Å²) >= 11 is 0. The Kier molecular flexibility index (Phi) is 4.38. The van der Waals surface area contributed by atoms with Gasteiger partial charge in [-0.05, 0) is 42.2 Å². The summed E-state index contributed by atoms with van der Waals surface area (Å²) in [5, 5.41) is 3.19.